The Bertz CT molecular complexity index is 259. The lowest BCUT2D eigenvalue weighted by Gasteiger charge is -1.95. The SMILES string of the molecule is Cc1csc(NC(=O)CCl)c1. The Morgan fingerprint density at radius 3 is 3.00 bits per heavy atom. The van der Waals surface area contributed by atoms with Gasteiger partial charge in [0.05, 0.1) is 5.00 Å². The molecule has 60 valence electrons. The van der Waals surface area contributed by atoms with Gasteiger partial charge in [0.25, 0.3) is 0 Å². The lowest BCUT2D eigenvalue weighted by atomic mass is 10.4. The minimum absolute atomic E-state index is 0.0109. The van der Waals surface area contributed by atoms with E-state index in [-0.39, 0.29) is 11.8 Å². The van der Waals surface area contributed by atoms with Crippen LogP contribution in [0.15, 0.2) is 11.4 Å². The van der Waals surface area contributed by atoms with E-state index in [0.29, 0.717) is 0 Å². The fourth-order valence-corrected chi connectivity index (χ4v) is 1.54. The molecule has 0 spiro atoms. The van der Waals surface area contributed by atoms with Crippen LogP contribution < -0.4 is 5.32 Å². The largest absolute Gasteiger partial charge is 0.317 e. The van der Waals surface area contributed by atoms with Gasteiger partial charge in [0, 0.05) is 0 Å². The molecule has 0 aliphatic heterocycles. The van der Waals surface area contributed by atoms with E-state index in [1.165, 1.54) is 11.3 Å². The van der Waals surface area contributed by atoms with E-state index in [4.69, 9.17) is 11.6 Å². The molecule has 1 heterocycles. The van der Waals surface area contributed by atoms with Crippen molar-refractivity contribution < 1.29 is 4.79 Å². The Balaban J connectivity index is 2.57. The van der Waals surface area contributed by atoms with E-state index < -0.39 is 0 Å². The smallest absolute Gasteiger partial charge is 0.239 e. The highest BCUT2D eigenvalue weighted by molar-refractivity contribution is 7.14. The van der Waals surface area contributed by atoms with Gasteiger partial charge < -0.3 is 5.32 Å². The molecule has 0 fully saturated rings. The van der Waals surface area contributed by atoms with E-state index in [0.717, 1.165) is 10.6 Å². The van der Waals surface area contributed by atoms with Crippen molar-refractivity contribution in [2.45, 2.75) is 6.92 Å². The van der Waals surface area contributed by atoms with Gasteiger partial charge in [0.2, 0.25) is 5.91 Å². The first kappa shape index (κ1) is 8.56. The second-order valence-electron chi connectivity index (χ2n) is 2.17. The monoisotopic (exact) mass is 189 g/mol. The predicted octanol–water partition coefficient (Wildman–Crippen LogP) is 2.23. The molecule has 4 heteroatoms. The summed E-state index contributed by atoms with van der Waals surface area (Å²) in [5, 5.41) is 5.49. The molecule has 1 amide bonds. The van der Waals surface area contributed by atoms with Crippen molar-refractivity contribution in [3.05, 3.63) is 17.0 Å². The lowest BCUT2D eigenvalue weighted by Crippen LogP contribution is -2.11. The lowest BCUT2D eigenvalue weighted by molar-refractivity contribution is -0.113. The number of hydrogen-bond acceptors (Lipinski definition) is 2. The minimum atomic E-state index is -0.159. The first-order valence-corrected chi connectivity index (χ1v) is 4.54. The first-order chi connectivity index (χ1) is 5.22. The predicted molar refractivity (Wildman–Crippen MR) is 48.4 cm³/mol. The second-order valence-corrected chi connectivity index (χ2v) is 3.35. The molecule has 1 aromatic rings. The summed E-state index contributed by atoms with van der Waals surface area (Å²) in [5.74, 6) is -0.148. The summed E-state index contributed by atoms with van der Waals surface area (Å²) in [6, 6.07) is 1.91. The number of rotatable bonds is 2. The van der Waals surface area contributed by atoms with E-state index in [2.05, 4.69) is 5.32 Å². The van der Waals surface area contributed by atoms with Crippen molar-refractivity contribution in [2.24, 2.45) is 0 Å². The summed E-state index contributed by atoms with van der Waals surface area (Å²) in [5.41, 5.74) is 1.15. The van der Waals surface area contributed by atoms with Crippen LogP contribution in [0.3, 0.4) is 0 Å². The number of anilines is 1. The maximum atomic E-state index is 10.8. The van der Waals surface area contributed by atoms with Gasteiger partial charge in [0.1, 0.15) is 5.88 Å². The molecule has 0 atom stereocenters. The highest BCUT2D eigenvalue weighted by Crippen LogP contribution is 2.18. The summed E-state index contributed by atoms with van der Waals surface area (Å²) >= 11 is 6.80. The number of thiophene rings is 1. The first-order valence-electron chi connectivity index (χ1n) is 3.13. The van der Waals surface area contributed by atoms with E-state index in [9.17, 15) is 4.79 Å². The van der Waals surface area contributed by atoms with Crippen LogP contribution in [0.1, 0.15) is 5.56 Å². The number of carbonyl (C=O) groups is 1. The Morgan fingerprint density at radius 2 is 2.55 bits per heavy atom. The third-order valence-corrected chi connectivity index (χ3v) is 2.32. The molecule has 2 nitrogen and oxygen atoms in total. The molecule has 0 saturated carbocycles. The van der Waals surface area contributed by atoms with E-state index in [1.807, 2.05) is 18.4 Å². The quantitative estimate of drug-likeness (QED) is 0.711. The molecular formula is C7H8ClNOS. The van der Waals surface area contributed by atoms with E-state index in [1.54, 1.807) is 0 Å². The highest BCUT2D eigenvalue weighted by Gasteiger charge is 2.00. The molecule has 0 aromatic carbocycles. The zero-order chi connectivity index (χ0) is 8.27. The summed E-state index contributed by atoms with van der Waals surface area (Å²) in [6.45, 7) is 1.98. The molecule has 0 aliphatic rings. The maximum absolute atomic E-state index is 10.8. The third kappa shape index (κ3) is 2.52. The molecule has 1 aromatic heterocycles. The van der Waals surface area contributed by atoms with Gasteiger partial charge in [-0.2, -0.15) is 0 Å². The maximum Gasteiger partial charge on any atom is 0.239 e. The molecule has 0 bridgehead atoms. The van der Waals surface area contributed by atoms with Crippen LogP contribution in [-0.4, -0.2) is 11.8 Å². The van der Waals surface area contributed by atoms with Gasteiger partial charge in [-0.25, -0.2) is 0 Å². The number of amides is 1. The third-order valence-electron chi connectivity index (χ3n) is 1.11. The van der Waals surface area contributed by atoms with Crippen LogP contribution in [0.2, 0.25) is 0 Å². The topological polar surface area (TPSA) is 29.1 Å². The van der Waals surface area contributed by atoms with Gasteiger partial charge >= 0.3 is 0 Å². The second kappa shape index (κ2) is 3.74. The average Bonchev–Trinajstić information content (AvgIpc) is 2.35. The number of alkyl halides is 1. The number of carbonyl (C=O) groups excluding carboxylic acids is 1. The van der Waals surface area contributed by atoms with Gasteiger partial charge in [0.15, 0.2) is 0 Å². The number of hydrogen-bond donors (Lipinski definition) is 1. The van der Waals surface area contributed by atoms with Crippen LogP contribution >= 0.6 is 22.9 Å². The summed E-state index contributed by atoms with van der Waals surface area (Å²) in [7, 11) is 0. The van der Waals surface area contributed by atoms with Gasteiger partial charge in [-0.05, 0) is 23.9 Å². The van der Waals surface area contributed by atoms with Crippen molar-refractivity contribution in [3.8, 4) is 0 Å². The number of halogens is 1. The van der Waals surface area contributed by atoms with E-state index >= 15 is 0 Å². The van der Waals surface area contributed by atoms with Crippen LogP contribution in [0.25, 0.3) is 0 Å². The van der Waals surface area contributed by atoms with Crippen molar-refractivity contribution in [1.29, 1.82) is 0 Å². The fraction of sp³-hybridized carbons (Fsp3) is 0.286. The average molecular weight is 190 g/mol. The van der Waals surface area contributed by atoms with Gasteiger partial charge in [-0.3, -0.25) is 4.79 Å². The zero-order valence-corrected chi connectivity index (χ0v) is 7.63. The van der Waals surface area contributed by atoms with Crippen LogP contribution in [0.5, 0.6) is 0 Å². The van der Waals surface area contributed by atoms with Crippen LogP contribution in [-0.2, 0) is 4.79 Å². The molecule has 0 aliphatic carbocycles. The fourth-order valence-electron chi connectivity index (χ4n) is 0.668. The molecule has 0 saturated heterocycles. The molecule has 11 heavy (non-hydrogen) atoms. The van der Waals surface area contributed by atoms with Gasteiger partial charge in [-0.15, -0.1) is 22.9 Å². The number of aryl methyl sites for hydroxylation is 1. The zero-order valence-electron chi connectivity index (χ0n) is 6.06. The molecule has 1 N–H and O–H groups in total. The van der Waals surface area contributed by atoms with Crippen LogP contribution in [0, 0.1) is 6.92 Å². The van der Waals surface area contributed by atoms with Gasteiger partial charge in [-0.1, -0.05) is 0 Å². The highest BCUT2D eigenvalue weighted by atomic mass is 35.5. The summed E-state index contributed by atoms with van der Waals surface area (Å²) in [4.78, 5) is 10.8. The Labute approximate surface area is 74.2 Å². The summed E-state index contributed by atoms with van der Waals surface area (Å²) < 4.78 is 0. The molecular weight excluding hydrogens is 182 g/mol. The Kier molecular flexibility index (Phi) is 2.91. The van der Waals surface area contributed by atoms with Crippen LogP contribution in [0.4, 0.5) is 5.00 Å². The molecule has 0 unspecified atom stereocenters. The van der Waals surface area contributed by atoms with Crippen molar-refractivity contribution in [2.75, 3.05) is 11.2 Å². The minimum Gasteiger partial charge on any atom is -0.317 e. The van der Waals surface area contributed by atoms with Crippen molar-refractivity contribution in [1.82, 2.24) is 0 Å². The Morgan fingerprint density at radius 1 is 1.82 bits per heavy atom. The molecule has 1 rings (SSSR count). The molecule has 0 radical (unpaired) electrons. The Hall–Kier alpha value is -0.540. The number of nitrogens with one attached hydrogen (secondary N) is 1. The van der Waals surface area contributed by atoms with Crippen molar-refractivity contribution >= 4 is 33.8 Å². The normalized spacial score (nSPS) is 9.64. The van der Waals surface area contributed by atoms with Crippen molar-refractivity contribution in [3.63, 3.8) is 0 Å². The standard InChI is InChI=1S/C7H8ClNOS/c1-5-2-7(11-4-5)9-6(10)3-8/h2,4H,3H2,1H3,(H,9,10). The summed E-state index contributed by atoms with van der Waals surface area (Å²) in [6.07, 6.45) is 0.